The maximum Gasteiger partial charge on any atom is 0.487 e. The van der Waals surface area contributed by atoms with Crippen LogP contribution in [0.25, 0.3) is 39.2 Å². The second-order valence-corrected chi connectivity index (χ2v) is 11.5. The maximum atomic E-state index is 13.6. The zero-order chi connectivity index (χ0) is 31.6. The molecule has 1 atom stereocenters. The number of rotatable bonds is 6. The Balaban J connectivity index is 1.20. The van der Waals surface area contributed by atoms with Crippen molar-refractivity contribution in [3.8, 4) is 34.0 Å². The molecule has 4 aromatic heterocycles. The summed E-state index contributed by atoms with van der Waals surface area (Å²) in [7, 11) is 0. The third-order valence-electron chi connectivity index (χ3n) is 7.97. The number of fused-ring (bicyclic) bond motifs is 6. The van der Waals surface area contributed by atoms with Crippen LogP contribution in [0.5, 0.6) is 5.75 Å². The second-order valence-electron chi connectivity index (χ2n) is 11.1. The van der Waals surface area contributed by atoms with Gasteiger partial charge in [0.05, 0.1) is 41.3 Å². The minimum atomic E-state index is -3.84. The van der Waals surface area contributed by atoms with Crippen LogP contribution >= 0.6 is 11.6 Å². The summed E-state index contributed by atoms with van der Waals surface area (Å²) in [6.07, 6.45) is 9.27. The van der Waals surface area contributed by atoms with Gasteiger partial charge in [-0.25, -0.2) is 14.6 Å². The molecule has 1 aliphatic heterocycles. The molecule has 6 aromatic rings. The normalized spacial score (nSPS) is 15.3. The van der Waals surface area contributed by atoms with E-state index in [0.717, 1.165) is 45.0 Å². The molecule has 0 radical (unpaired) electrons. The van der Waals surface area contributed by atoms with Crippen molar-refractivity contribution < 1.29 is 23.0 Å². The SMILES string of the molecule is C[C@@H]1COCc2nc3cc(C(=O)Nc4ccc(OC(F)(F)Cl)cc4)cc(-c4cnc5c(c4)-c4nn(-c6cnccn6)cc4C5)c3n21. The Labute approximate surface area is 264 Å². The van der Waals surface area contributed by atoms with E-state index in [4.69, 9.17) is 31.4 Å². The van der Waals surface area contributed by atoms with Gasteiger partial charge in [-0.3, -0.25) is 14.8 Å². The molecule has 0 spiro atoms. The fourth-order valence-corrected chi connectivity index (χ4v) is 6.09. The van der Waals surface area contributed by atoms with Gasteiger partial charge >= 0.3 is 5.57 Å². The molecule has 0 saturated heterocycles. The van der Waals surface area contributed by atoms with Crippen LogP contribution in [-0.2, 0) is 17.8 Å². The lowest BCUT2D eigenvalue weighted by molar-refractivity contribution is -0.0964. The number of amides is 1. The van der Waals surface area contributed by atoms with E-state index in [-0.39, 0.29) is 11.8 Å². The second kappa shape index (κ2) is 10.7. The molecule has 230 valence electrons. The molecular weight excluding hydrogens is 618 g/mol. The number of aromatic nitrogens is 7. The number of alkyl halides is 3. The minimum absolute atomic E-state index is 0.0185. The molecule has 8 rings (SSSR count). The molecule has 0 saturated carbocycles. The molecule has 14 heteroatoms. The lowest BCUT2D eigenvalue weighted by atomic mass is 9.99. The van der Waals surface area contributed by atoms with Gasteiger partial charge in [0.1, 0.15) is 18.2 Å². The monoisotopic (exact) mass is 640 g/mol. The van der Waals surface area contributed by atoms with E-state index < -0.39 is 11.5 Å². The van der Waals surface area contributed by atoms with E-state index in [1.807, 2.05) is 24.5 Å². The summed E-state index contributed by atoms with van der Waals surface area (Å²) < 4.78 is 40.0. The van der Waals surface area contributed by atoms with Crippen LogP contribution in [0.2, 0.25) is 0 Å². The molecule has 46 heavy (non-hydrogen) atoms. The van der Waals surface area contributed by atoms with Crippen LogP contribution in [0.1, 0.15) is 40.4 Å². The molecule has 11 nitrogen and oxygen atoms in total. The topological polar surface area (TPSA) is 122 Å². The van der Waals surface area contributed by atoms with Gasteiger partial charge in [0.2, 0.25) is 0 Å². The third-order valence-corrected chi connectivity index (χ3v) is 8.04. The molecule has 5 heterocycles. The summed E-state index contributed by atoms with van der Waals surface area (Å²) in [6.45, 7) is 2.94. The molecule has 0 bridgehead atoms. The maximum absolute atomic E-state index is 13.6. The molecule has 0 fully saturated rings. The Morgan fingerprint density at radius 3 is 2.74 bits per heavy atom. The number of pyridine rings is 1. The van der Waals surface area contributed by atoms with E-state index >= 15 is 0 Å². The number of carbonyl (C=O) groups excluding carboxylic acids is 1. The fraction of sp³-hybridized carbons (Fsp3) is 0.188. The smallest absolute Gasteiger partial charge is 0.420 e. The predicted molar refractivity (Wildman–Crippen MR) is 164 cm³/mol. The van der Waals surface area contributed by atoms with Crippen LogP contribution in [-0.4, -0.2) is 52.4 Å². The average Bonchev–Trinajstić information content (AvgIpc) is 3.72. The average molecular weight is 641 g/mol. The largest absolute Gasteiger partial charge is 0.487 e. The van der Waals surface area contributed by atoms with E-state index in [0.29, 0.717) is 42.2 Å². The molecule has 2 aromatic carbocycles. The van der Waals surface area contributed by atoms with Gasteiger partial charge in [-0.15, -0.1) is 8.78 Å². The van der Waals surface area contributed by atoms with Crippen molar-refractivity contribution in [1.29, 1.82) is 0 Å². The Morgan fingerprint density at radius 1 is 1.11 bits per heavy atom. The number of imidazole rings is 1. The van der Waals surface area contributed by atoms with E-state index in [1.54, 1.807) is 29.3 Å². The summed E-state index contributed by atoms with van der Waals surface area (Å²) in [6, 6.07) is 11.1. The Bertz CT molecular complexity index is 2150. The van der Waals surface area contributed by atoms with Gasteiger partial charge in [0.15, 0.2) is 5.82 Å². The molecule has 1 amide bonds. The highest BCUT2D eigenvalue weighted by Gasteiger charge is 2.29. The number of ether oxygens (including phenoxy) is 2. The number of nitrogens with one attached hydrogen (secondary N) is 1. The summed E-state index contributed by atoms with van der Waals surface area (Å²) >= 11 is 4.86. The molecular formula is C32H23ClF2N8O3. The van der Waals surface area contributed by atoms with Crippen LogP contribution in [0.15, 0.2) is 73.4 Å². The summed E-state index contributed by atoms with van der Waals surface area (Å²) in [5.74, 6) is 0.826. The van der Waals surface area contributed by atoms with Crippen molar-refractivity contribution in [1.82, 2.24) is 34.3 Å². The van der Waals surface area contributed by atoms with Crippen LogP contribution in [0.4, 0.5) is 14.5 Å². The Hall–Kier alpha value is -5.27. The van der Waals surface area contributed by atoms with Crippen LogP contribution in [0, 0.1) is 0 Å². The van der Waals surface area contributed by atoms with Crippen molar-refractivity contribution >= 4 is 34.2 Å². The Morgan fingerprint density at radius 2 is 1.96 bits per heavy atom. The zero-order valence-corrected chi connectivity index (χ0v) is 24.9. The van der Waals surface area contributed by atoms with Crippen molar-refractivity contribution in [2.45, 2.75) is 31.6 Å². The van der Waals surface area contributed by atoms with Gasteiger partial charge in [-0.1, -0.05) is 0 Å². The van der Waals surface area contributed by atoms with Gasteiger partial charge in [0.25, 0.3) is 5.91 Å². The first kappa shape index (κ1) is 28.2. The third kappa shape index (κ3) is 5.03. The highest BCUT2D eigenvalue weighted by atomic mass is 35.5. The molecule has 2 aliphatic rings. The van der Waals surface area contributed by atoms with Gasteiger partial charge < -0.3 is 19.4 Å². The van der Waals surface area contributed by atoms with Crippen molar-refractivity contribution in [3.05, 3.63) is 96.1 Å². The first-order valence-corrected chi connectivity index (χ1v) is 14.7. The van der Waals surface area contributed by atoms with Gasteiger partial charge in [0, 0.05) is 76.3 Å². The van der Waals surface area contributed by atoms with E-state index in [9.17, 15) is 13.6 Å². The summed E-state index contributed by atoms with van der Waals surface area (Å²) in [4.78, 5) is 31.7. The van der Waals surface area contributed by atoms with E-state index in [1.165, 1.54) is 24.3 Å². The highest BCUT2D eigenvalue weighted by Crippen LogP contribution is 2.40. The number of carbonyl (C=O) groups is 1. The fourth-order valence-electron chi connectivity index (χ4n) is 6.01. The number of benzene rings is 2. The van der Waals surface area contributed by atoms with Gasteiger partial charge in [-0.2, -0.15) is 5.10 Å². The number of nitrogens with zero attached hydrogens (tertiary/aromatic N) is 7. The summed E-state index contributed by atoms with van der Waals surface area (Å²) in [5.41, 5.74) is 3.64. The predicted octanol–water partition coefficient (Wildman–Crippen LogP) is 6.16. The molecule has 1 aliphatic carbocycles. The quantitative estimate of drug-likeness (QED) is 0.215. The van der Waals surface area contributed by atoms with Crippen LogP contribution in [0.3, 0.4) is 0 Å². The first-order chi connectivity index (χ1) is 22.2. The Kier molecular flexibility index (Phi) is 6.55. The molecule has 0 unspecified atom stereocenters. The number of halogens is 3. The van der Waals surface area contributed by atoms with Crippen molar-refractivity contribution in [2.24, 2.45) is 0 Å². The number of hydrogen-bond donors (Lipinski definition) is 1. The first-order valence-electron chi connectivity index (χ1n) is 14.3. The molecule has 1 N–H and O–H groups in total. The number of hydrogen-bond acceptors (Lipinski definition) is 8. The van der Waals surface area contributed by atoms with Crippen LogP contribution < -0.4 is 10.1 Å². The zero-order valence-electron chi connectivity index (χ0n) is 24.1. The highest BCUT2D eigenvalue weighted by molar-refractivity contribution is 6.20. The standard InChI is InChI=1S/C32H23ClF2N8O3/c1-17-15-45-16-28-40-26-10-18(31(44)39-21-2-4-22(5-3-21)46-32(33,34)35)8-23(30(26)43(17)28)19-9-24-25(38-12-19)11-20-14-42(41-29(20)24)27-13-36-6-7-37-27/h2-10,12-14,17H,11,15-16H2,1H3,(H,39,44)/t17-/m1/s1. The van der Waals surface area contributed by atoms with Gasteiger partial charge in [-0.05, 0) is 49.4 Å². The number of anilines is 1. The van der Waals surface area contributed by atoms with Crippen molar-refractivity contribution in [3.63, 3.8) is 0 Å². The lowest BCUT2D eigenvalue weighted by Gasteiger charge is -2.23. The van der Waals surface area contributed by atoms with E-state index in [2.05, 4.69) is 31.5 Å². The van der Waals surface area contributed by atoms with Crippen molar-refractivity contribution in [2.75, 3.05) is 11.9 Å². The summed E-state index contributed by atoms with van der Waals surface area (Å²) in [5, 5.41) is 7.63. The lowest BCUT2D eigenvalue weighted by Crippen LogP contribution is -2.21. The minimum Gasteiger partial charge on any atom is -0.420 e.